The Labute approximate surface area is 180 Å². The standard InChI is InChI=1S/C17H19IN6O2S2/c1-20-28(25,26)6-5-24-16-14(15(19)21-9-22-16)23-17(24)27-13-8-11-4-2-3-10(11)7-12(13)18/h7-9,20H,2-6H2,1H3,(H2,19,21,22). The van der Waals surface area contributed by atoms with Crippen molar-refractivity contribution in [2.45, 2.75) is 35.9 Å². The third-order valence-corrected chi connectivity index (χ3v) is 8.42. The number of aryl methyl sites for hydroxylation is 3. The predicted molar refractivity (Wildman–Crippen MR) is 118 cm³/mol. The maximum atomic E-state index is 11.9. The number of rotatable bonds is 6. The van der Waals surface area contributed by atoms with Crippen LogP contribution in [-0.2, 0) is 29.4 Å². The summed E-state index contributed by atoms with van der Waals surface area (Å²) in [6.07, 6.45) is 4.78. The molecule has 11 heteroatoms. The number of anilines is 1. The summed E-state index contributed by atoms with van der Waals surface area (Å²) in [5, 5.41) is 0.657. The molecule has 0 unspecified atom stereocenters. The first-order valence-electron chi connectivity index (χ1n) is 8.75. The Bertz CT molecular complexity index is 1160. The van der Waals surface area contributed by atoms with Crippen LogP contribution in [0.3, 0.4) is 0 Å². The van der Waals surface area contributed by atoms with Gasteiger partial charge in [-0.05, 0) is 72.2 Å². The number of halogens is 1. The largest absolute Gasteiger partial charge is 0.382 e. The van der Waals surface area contributed by atoms with E-state index in [9.17, 15) is 8.42 Å². The Hall–Kier alpha value is -1.44. The molecule has 1 aromatic carbocycles. The molecule has 3 N–H and O–H groups in total. The minimum atomic E-state index is -3.36. The van der Waals surface area contributed by atoms with E-state index < -0.39 is 10.0 Å². The molecule has 3 aromatic rings. The van der Waals surface area contributed by atoms with Gasteiger partial charge in [0.15, 0.2) is 22.1 Å². The first-order chi connectivity index (χ1) is 13.4. The minimum absolute atomic E-state index is 0.0757. The summed E-state index contributed by atoms with van der Waals surface area (Å²) in [5.74, 6) is 0.207. The van der Waals surface area contributed by atoms with E-state index in [1.54, 1.807) is 4.57 Å². The van der Waals surface area contributed by atoms with Crippen molar-refractivity contribution < 1.29 is 8.42 Å². The summed E-state index contributed by atoms with van der Waals surface area (Å²) in [6.45, 7) is 0.222. The zero-order chi connectivity index (χ0) is 19.9. The number of aromatic nitrogens is 4. The molecule has 0 atom stereocenters. The molecular formula is C17H19IN6O2S2. The number of nitrogens with two attached hydrogens (primary N) is 1. The Morgan fingerprint density at radius 3 is 2.79 bits per heavy atom. The second kappa shape index (κ2) is 7.76. The summed E-state index contributed by atoms with van der Waals surface area (Å²) in [7, 11) is -1.96. The highest BCUT2D eigenvalue weighted by Crippen LogP contribution is 2.37. The number of nitrogens with one attached hydrogen (secondary N) is 1. The van der Waals surface area contributed by atoms with E-state index in [1.165, 1.54) is 42.7 Å². The molecule has 4 rings (SSSR count). The van der Waals surface area contributed by atoms with E-state index >= 15 is 0 Å². The molecule has 148 valence electrons. The average molecular weight is 530 g/mol. The van der Waals surface area contributed by atoms with Crippen molar-refractivity contribution in [2.24, 2.45) is 0 Å². The Kier molecular flexibility index (Phi) is 5.51. The van der Waals surface area contributed by atoms with Crippen LogP contribution in [0.5, 0.6) is 0 Å². The van der Waals surface area contributed by atoms with Gasteiger partial charge in [0, 0.05) is 15.0 Å². The zero-order valence-corrected chi connectivity index (χ0v) is 18.9. The monoisotopic (exact) mass is 530 g/mol. The molecule has 8 nitrogen and oxygen atoms in total. The van der Waals surface area contributed by atoms with Crippen LogP contribution in [0.4, 0.5) is 5.82 Å². The van der Waals surface area contributed by atoms with Gasteiger partial charge in [-0.15, -0.1) is 0 Å². The minimum Gasteiger partial charge on any atom is -0.382 e. The molecule has 0 bridgehead atoms. The highest BCUT2D eigenvalue weighted by atomic mass is 127. The zero-order valence-electron chi connectivity index (χ0n) is 15.1. The van der Waals surface area contributed by atoms with Crippen LogP contribution >= 0.6 is 34.4 Å². The molecule has 0 saturated carbocycles. The van der Waals surface area contributed by atoms with Gasteiger partial charge < -0.3 is 10.3 Å². The van der Waals surface area contributed by atoms with Gasteiger partial charge in [0.1, 0.15) is 6.33 Å². The molecule has 0 saturated heterocycles. The molecule has 0 radical (unpaired) electrons. The Morgan fingerprint density at radius 1 is 1.29 bits per heavy atom. The fraction of sp³-hybridized carbons (Fsp3) is 0.353. The summed E-state index contributed by atoms with van der Waals surface area (Å²) in [6, 6.07) is 4.45. The molecular weight excluding hydrogens is 511 g/mol. The molecule has 0 fully saturated rings. The molecule has 1 aliphatic carbocycles. The van der Waals surface area contributed by atoms with Crippen LogP contribution < -0.4 is 10.5 Å². The van der Waals surface area contributed by atoms with Gasteiger partial charge in [0.05, 0.1) is 5.75 Å². The van der Waals surface area contributed by atoms with Crippen molar-refractivity contribution >= 4 is 61.4 Å². The van der Waals surface area contributed by atoms with E-state index in [0.717, 1.165) is 21.3 Å². The predicted octanol–water partition coefficient (Wildman–Crippen LogP) is 2.20. The average Bonchev–Trinajstić information content (AvgIpc) is 3.25. The normalized spacial score (nSPS) is 13.9. The van der Waals surface area contributed by atoms with Gasteiger partial charge in [-0.3, -0.25) is 0 Å². The number of benzene rings is 1. The lowest BCUT2D eigenvalue weighted by atomic mass is 10.1. The number of sulfonamides is 1. The van der Waals surface area contributed by atoms with Crippen LogP contribution in [-0.4, -0.2) is 40.7 Å². The fourth-order valence-electron chi connectivity index (χ4n) is 3.27. The number of fused-ring (bicyclic) bond motifs is 2. The number of hydrogen-bond donors (Lipinski definition) is 2. The fourth-order valence-corrected chi connectivity index (χ4v) is 5.74. The van der Waals surface area contributed by atoms with Crippen molar-refractivity contribution in [3.63, 3.8) is 0 Å². The second-order valence-corrected chi connectivity index (χ2v) is 10.7. The third-order valence-electron chi connectivity index (χ3n) is 4.77. The Balaban J connectivity index is 1.76. The van der Waals surface area contributed by atoms with Crippen molar-refractivity contribution in [1.29, 1.82) is 0 Å². The van der Waals surface area contributed by atoms with Crippen molar-refractivity contribution in [2.75, 3.05) is 18.5 Å². The summed E-state index contributed by atoms with van der Waals surface area (Å²) >= 11 is 3.85. The SMILES string of the molecule is CNS(=O)(=O)CCn1c(Sc2cc3c(cc2I)CCC3)nc2c(N)ncnc21. The van der Waals surface area contributed by atoms with Crippen LogP contribution in [0, 0.1) is 3.57 Å². The lowest BCUT2D eigenvalue weighted by Gasteiger charge is -2.11. The van der Waals surface area contributed by atoms with Gasteiger partial charge in [-0.25, -0.2) is 28.1 Å². The van der Waals surface area contributed by atoms with Gasteiger partial charge in [-0.1, -0.05) is 11.8 Å². The van der Waals surface area contributed by atoms with Crippen LogP contribution in [0.2, 0.25) is 0 Å². The quantitative estimate of drug-likeness (QED) is 0.470. The summed E-state index contributed by atoms with van der Waals surface area (Å²) < 4.78 is 29.2. The molecule has 2 aromatic heterocycles. The van der Waals surface area contributed by atoms with E-state index in [2.05, 4.69) is 54.4 Å². The Morgan fingerprint density at radius 2 is 2.04 bits per heavy atom. The third kappa shape index (κ3) is 3.84. The molecule has 28 heavy (non-hydrogen) atoms. The van der Waals surface area contributed by atoms with Gasteiger partial charge in [0.25, 0.3) is 0 Å². The number of imidazole rings is 1. The van der Waals surface area contributed by atoms with Crippen LogP contribution in [0.25, 0.3) is 11.2 Å². The maximum Gasteiger partial charge on any atom is 0.213 e. The summed E-state index contributed by atoms with van der Waals surface area (Å²) in [4.78, 5) is 14.0. The highest BCUT2D eigenvalue weighted by Gasteiger charge is 2.20. The first-order valence-corrected chi connectivity index (χ1v) is 12.3. The first kappa shape index (κ1) is 19.9. The van der Waals surface area contributed by atoms with Gasteiger partial charge in [-0.2, -0.15) is 0 Å². The van der Waals surface area contributed by atoms with E-state index in [0.29, 0.717) is 16.3 Å². The summed E-state index contributed by atoms with van der Waals surface area (Å²) in [5.41, 5.74) is 9.80. The van der Waals surface area contributed by atoms with Crippen molar-refractivity contribution in [3.8, 4) is 0 Å². The number of nitrogens with zero attached hydrogens (tertiary/aromatic N) is 4. The van der Waals surface area contributed by atoms with E-state index in [-0.39, 0.29) is 18.1 Å². The lowest BCUT2D eigenvalue weighted by Crippen LogP contribution is -2.25. The van der Waals surface area contributed by atoms with Gasteiger partial charge >= 0.3 is 0 Å². The topological polar surface area (TPSA) is 116 Å². The molecule has 2 heterocycles. The smallest absolute Gasteiger partial charge is 0.213 e. The van der Waals surface area contributed by atoms with Gasteiger partial charge in [0.2, 0.25) is 10.0 Å². The van der Waals surface area contributed by atoms with Crippen molar-refractivity contribution in [3.05, 3.63) is 33.2 Å². The van der Waals surface area contributed by atoms with Crippen LogP contribution in [0.15, 0.2) is 28.5 Å². The molecule has 1 aliphatic rings. The van der Waals surface area contributed by atoms with E-state index in [4.69, 9.17) is 5.73 Å². The number of nitrogen functional groups attached to an aromatic ring is 1. The number of hydrogen-bond acceptors (Lipinski definition) is 7. The van der Waals surface area contributed by atoms with E-state index in [1.807, 2.05) is 0 Å². The van der Waals surface area contributed by atoms with Crippen LogP contribution in [0.1, 0.15) is 17.5 Å². The maximum absolute atomic E-state index is 11.9. The molecule has 0 amide bonds. The second-order valence-electron chi connectivity index (χ2n) is 6.51. The lowest BCUT2D eigenvalue weighted by molar-refractivity contribution is 0.578. The van der Waals surface area contributed by atoms with Crippen molar-refractivity contribution in [1.82, 2.24) is 24.2 Å². The highest BCUT2D eigenvalue weighted by molar-refractivity contribution is 14.1. The molecule has 0 spiro atoms. The molecule has 0 aliphatic heterocycles.